The summed E-state index contributed by atoms with van der Waals surface area (Å²) in [6, 6.07) is 11.4. The van der Waals surface area contributed by atoms with Gasteiger partial charge in [0.05, 0.1) is 11.4 Å². The van der Waals surface area contributed by atoms with E-state index in [0.717, 1.165) is 37.6 Å². The lowest BCUT2D eigenvalue weighted by Gasteiger charge is -2.32. The van der Waals surface area contributed by atoms with Crippen molar-refractivity contribution in [1.82, 2.24) is 9.29 Å². The normalized spacial score (nSPS) is 17.8. The van der Waals surface area contributed by atoms with Gasteiger partial charge in [-0.1, -0.05) is 24.3 Å². The minimum Gasteiger partial charge on any atom is -0.480 e. The molecule has 0 aliphatic carbocycles. The van der Waals surface area contributed by atoms with Crippen molar-refractivity contribution in [2.24, 2.45) is 0 Å². The molecule has 0 amide bonds. The van der Waals surface area contributed by atoms with E-state index >= 15 is 0 Å². The van der Waals surface area contributed by atoms with Crippen LogP contribution in [0.1, 0.15) is 22.4 Å². The first kappa shape index (κ1) is 17.8. The molecule has 0 spiro atoms. The zero-order valence-electron chi connectivity index (χ0n) is 15.1. The third kappa shape index (κ3) is 2.83. The fraction of sp³-hybridized carbons (Fsp3) is 0.250. The minimum atomic E-state index is -3.94. The molecule has 2 heterocycles. The number of sulfonamides is 1. The van der Waals surface area contributed by atoms with E-state index in [2.05, 4.69) is 4.98 Å². The van der Waals surface area contributed by atoms with Crippen LogP contribution in [0.3, 0.4) is 0 Å². The van der Waals surface area contributed by atoms with Crippen molar-refractivity contribution in [3.05, 3.63) is 64.8 Å². The van der Waals surface area contributed by atoms with E-state index < -0.39 is 22.0 Å². The number of fused-ring (bicyclic) bond motifs is 3. The highest BCUT2D eigenvalue weighted by atomic mass is 32.2. The Kier molecular flexibility index (Phi) is 4.09. The number of rotatable bonds is 3. The van der Waals surface area contributed by atoms with Gasteiger partial charge in [0.25, 0.3) is 0 Å². The summed E-state index contributed by atoms with van der Waals surface area (Å²) in [6.07, 6.45) is 0.138. The van der Waals surface area contributed by atoms with Gasteiger partial charge >= 0.3 is 5.97 Å². The fourth-order valence-electron chi connectivity index (χ4n) is 3.66. The maximum atomic E-state index is 13.2. The molecule has 2 N–H and O–H groups in total. The van der Waals surface area contributed by atoms with Crippen molar-refractivity contribution in [2.75, 3.05) is 0 Å². The van der Waals surface area contributed by atoms with Gasteiger partial charge in [0.1, 0.15) is 6.04 Å². The number of carbonyl (C=O) groups is 1. The number of hydrogen-bond acceptors (Lipinski definition) is 3. The van der Waals surface area contributed by atoms with Crippen LogP contribution >= 0.6 is 0 Å². The minimum absolute atomic E-state index is 0.0102. The summed E-state index contributed by atoms with van der Waals surface area (Å²) in [5.74, 6) is -1.14. The number of carboxylic acid groups (broad SMARTS) is 1. The van der Waals surface area contributed by atoms with E-state index in [0.29, 0.717) is 0 Å². The largest absolute Gasteiger partial charge is 0.480 e. The smallest absolute Gasteiger partial charge is 0.322 e. The number of aromatic amines is 1. The molecule has 7 heteroatoms. The van der Waals surface area contributed by atoms with Gasteiger partial charge in [0.2, 0.25) is 10.0 Å². The van der Waals surface area contributed by atoms with Gasteiger partial charge in [-0.15, -0.1) is 0 Å². The summed E-state index contributed by atoms with van der Waals surface area (Å²) in [7, 11) is -3.94. The second-order valence-corrected chi connectivity index (χ2v) is 8.87. The van der Waals surface area contributed by atoms with Gasteiger partial charge in [-0.3, -0.25) is 4.79 Å². The Morgan fingerprint density at radius 1 is 1.15 bits per heavy atom. The highest BCUT2D eigenvalue weighted by Crippen LogP contribution is 2.33. The third-order valence-corrected chi connectivity index (χ3v) is 7.18. The maximum absolute atomic E-state index is 13.2. The molecule has 0 fully saturated rings. The zero-order valence-corrected chi connectivity index (χ0v) is 15.9. The van der Waals surface area contributed by atoms with E-state index in [1.54, 1.807) is 12.1 Å². The summed E-state index contributed by atoms with van der Waals surface area (Å²) in [6.45, 7) is 3.76. The van der Waals surface area contributed by atoms with Crippen LogP contribution in [0.5, 0.6) is 0 Å². The van der Waals surface area contributed by atoms with Crippen LogP contribution in [0.15, 0.2) is 47.4 Å². The number of benzene rings is 2. The predicted octanol–water partition coefficient (Wildman–Crippen LogP) is 2.98. The van der Waals surface area contributed by atoms with E-state index in [1.165, 1.54) is 6.07 Å². The van der Waals surface area contributed by atoms with E-state index in [4.69, 9.17) is 0 Å². The maximum Gasteiger partial charge on any atom is 0.322 e. The number of aryl methyl sites for hydroxylation is 2. The van der Waals surface area contributed by atoms with Crippen LogP contribution in [0, 0.1) is 13.8 Å². The molecule has 0 saturated carbocycles. The number of para-hydroxylation sites is 1. The van der Waals surface area contributed by atoms with Crippen LogP contribution in [-0.2, 0) is 27.8 Å². The number of carboxylic acids is 1. The van der Waals surface area contributed by atoms with Crippen LogP contribution in [0.25, 0.3) is 10.9 Å². The van der Waals surface area contributed by atoms with Crippen molar-refractivity contribution < 1.29 is 18.3 Å². The molecule has 1 atom stereocenters. The molecule has 1 aliphatic heterocycles. The van der Waals surface area contributed by atoms with Crippen LogP contribution in [0.2, 0.25) is 0 Å². The molecule has 1 aromatic heterocycles. The van der Waals surface area contributed by atoms with E-state index in [-0.39, 0.29) is 17.9 Å². The molecule has 4 rings (SSSR count). The summed E-state index contributed by atoms with van der Waals surface area (Å²) < 4.78 is 27.6. The van der Waals surface area contributed by atoms with Crippen LogP contribution < -0.4 is 0 Å². The Labute approximate surface area is 157 Å². The number of H-pyrrole nitrogens is 1. The van der Waals surface area contributed by atoms with Crippen molar-refractivity contribution in [1.29, 1.82) is 0 Å². The molecule has 2 aromatic carbocycles. The Hall–Kier alpha value is -2.64. The van der Waals surface area contributed by atoms with Gasteiger partial charge in [-0.25, -0.2) is 8.42 Å². The van der Waals surface area contributed by atoms with Crippen molar-refractivity contribution in [2.45, 2.75) is 37.8 Å². The zero-order chi connectivity index (χ0) is 19.3. The lowest BCUT2D eigenvalue weighted by atomic mass is 9.99. The molecule has 27 heavy (non-hydrogen) atoms. The van der Waals surface area contributed by atoms with Crippen molar-refractivity contribution >= 4 is 26.9 Å². The Morgan fingerprint density at radius 3 is 2.59 bits per heavy atom. The molecule has 0 bridgehead atoms. The first-order valence-electron chi connectivity index (χ1n) is 8.69. The van der Waals surface area contributed by atoms with Crippen LogP contribution in [-0.4, -0.2) is 34.8 Å². The third-order valence-electron chi connectivity index (χ3n) is 5.33. The molecule has 1 unspecified atom stereocenters. The molecule has 140 valence electrons. The highest BCUT2D eigenvalue weighted by molar-refractivity contribution is 7.89. The average Bonchev–Trinajstić information content (AvgIpc) is 3.00. The highest BCUT2D eigenvalue weighted by Gasteiger charge is 2.41. The first-order valence-corrected chi connectivity index (χ1v) is 10.1. The molecule has 6 nitrogen and oxygen atoms in total. The fourth-order valence-corrected chi connectivity index (χ4v) is 5.29. The number of nitrogens with zero attached hydrogens (tertiary/aromatic N) is 1. The predicted molar refractivity (Wildman–Crippen MR) is 102 cm³/mol. The summed E-state index contributed by atoms with van der Waals surface area (Å²) in [4.78, 5) is 15.3. The van der Waals surface area contributed by atoms with Crippen LogP contribution in [0.4, 0.5) is 0 Å². The van der Waals surface area contributed by atoms with Gasteiger partial charge in [-0.05, 0) is 48.7 Å². The Bertz CT molecular complexity index is 1160. The molecular formula is C20H20N2O4S. The lowest BCUT2D eigenvalue weighted by molar-refractivity contribution is -0.141. The lowest BCUT2D eigenvalue weighted by Crippen LogP contribution is -2.48. The summed E-state index contributed by atoms with van der Waals surface area (Å²) in [5, 5.41) is 10.7. The van der Waals surface area contributed by atoms with Gasteiger partial charge < -0.3 is 10.1 Å². The number of hydrogen-bond donors (Lipinski definition) is 2. The molecule has 3 aromatic rings. The topological polar surface area (TPSA) is 90.5 Å². The first-order chi connectivity index (χ1) is 12.8. The average molecular weight is 384 g/mol. The molecule has 0 saturated heterocycles. The number of nitrogens with one attached hydrogen (secondary N) is 1. The van der Waals surface area contributed by atoms with E-state index in [9.17, 15) is 18.3 Å². The SMILES string of the molecule is Cc1ccc(S(=O)(=O)N2Cc3[nH]c4ccccc4c3CC2C(=O)O)cc1C. The van der Waals surface area contributed by atoms with Gasteiger partial charge in [-0.2, -0.15) is 4.31 Å². The summed E-state index contributed by atoms with van der Waals surface area (Å²) in [5.41, 5.74) is 4.36. The Morgan fingerprint density at radius 2 is 1.89 bits per heavy atom. The van der Waals surface area contributed by atoms with E-state index in [1.807, 2.05) is 38.1 Å². The number of aliphatic carboxylic acids is 1. The monoisotopic (exact) mass is 384 g/mol. The molecular weight excluding hydrogens is 364 g/mol. The molecule has 1 aliphatic rings. The Balaban J connectivity index is 1.83. The molecule has 0 radical (unpaired) electrons. The number of aromatic nitrogens is 1. The second-order valence-electron chi connectivity index (χ2n) is 6.98. The van der Waals surface area contributed by atoms with Crippen molar-refractivity contribution in [3.8, 4) is 0 Å². The second kappa shape index (κ2) is 6.21. The standard InChI is InChI=1S/C20H20N2O4S/c1-12-7-8-14(9-13(12)2)27(25,26)22-11-18-16(10-19(22)20(23)24)15-5-3-4-6-17(15)21-18/h3-9,19,21H,10-11H2,1-2H3,(H,23,24). The van der Waals surface area contributed by atoms with Crippen molar-refractivity contribution in [3.63, 3.8) is 0 Å². The quantitative estimate of drug-likeness (QED) is 0.726. The van der Waals surface area contributed by atoms with Gasteiger partial charge in [0, 0.05) is 23.0 Å². The summed E-state index contributed by atoms with van der Waals surface area (Å²) >= 11 is 0. The van der Waals surface area contributed by atoms with Gasteiger partial charge in [0.15, 0.2) is 0 Å².